The lowest BCUT2D eigenvalue weighted by atomic mass is 10.4. The van der Waals surface area contributed by atoms with E-state index >= 15 is 0 Å². The fraction of sp³-hybridized carbons (Fsp3) is 0.857. The molecule has 0 heterocycles. The first-order valence-corrected chi connectivity index (χ1v) is 6.02. The molecular formula is C7H13F3O2Si. The second kappa shape index (κ2) is 6.01. The number of hydrogen-bond donors (Lipinski definition) is 0. The molecule has 0 rings (SSSR count). The maximum Gasteiger partial charge on any atom is 0.616 e. The van der Waals surface area contributed by atoms with Crippen LogP contribution >= 0.6 is 0 Å². The zero-order chi connectivity index (χ0) is 10.3. The summed E-state index contributed by atoms with van der Waals surface area (Å²) < 4.78 is 39.8. The van der Waals surface area contributed by atoms with Crippen LogP contribution in [-0.4, -0.2) is 21.7 Å². The second-order valence-electron chi connectivity index (χ2n) is 2.69. The Bertz CT molecular complexity index is 158. The zero-order valence-corrected chi connectivity index (χ0v) is 8.49. The molecule has 6 heteroatoms. The van der Waals surface area contributed by atoms with E-state index in [0.717, 1.165) is 6.42 Å². The fourth-order valence-electron chi connectivity index (χ4n) is 0.646. The van der Waals surface area contributed by atoms with Crippen LogP contribution in [0, 0.1) is 0 Å². The first-order valence-electron chi connectivity index (χ1n) is 4.18. The molecule has 13 heavy (non-hydrogen) atoms. The molecular weight excluding hydrogens is 201 g/mol. The summed E-state index contributed by atoms with van der Waals surface area (Å²) in [4.78, 5) is 10.7. The van der Waals surface area contributed by atoms with Crippen LogP contribution in [0.4, 0.5) is 12.3 Å². The highest BCUT2D eigenvalue weighted by atomic mass is 28.5. The van der Waals surface area contributed by atoms with Crippen molar-refractivity contribution in [3.05, 3.63) is 0 Å². The summed E-state index contributed by atoms with van der Waals surface area (Å²) in [5, 5.41) is 0. The van der Waals surface area contributed by atoms with E-state index in [4.69, 9.17) is 0 Å². The minimum atomic E-state index is -5.57. The Balaban J connectivity index is 3.41. The van der Waals surface area contributed by atoms with Crippen molar-refractivity contribution in [1.82, 2.24) is 0 Å². The summed E-state index contributed by atoms with van der Waals surface area (Å²) in [6.45, 7) is 2.14. The highest BCUT2D eigenvalue weighted by molar-refractivity contribution is 6.58. The van der Waals surface area contributed by atoms with Crippen molar-refractivity contribution < 1.29 is 21.9 Å². The first-order chi connectivity index (χ1) is 5.95. The lowest BCUT2D eigenvalue weighted by Crippen LogP contribution is -2.17. The van der Waals surface area contributed by atoms with E-state index in [0.29, 0.717) is 6.42 Å². The second-order valence-corrected chi connectivity index (χ2v) is 4.42. The number of carbonyl (C=O) groups is 1. The van der Waals surface area contributed by atoms with Crippen molar-refractivity contribution in [2.75, 3.05) is 6.61 Å². The summed E-state index contributed by atoms with van der Waals surface area (Å²) in [5.74, 6) is -0.738. The third kappa shape index (κ3) is 9.39. The van der Waals surface area contributed by atoms with E-state index in [1.165, 1.54) is 0 Å². The van der Waals surface area contributed by atoms with E-state index < -0.39 is 27.5 Å². The largest absolute Gasteiger partial charge is 0.616 e. The van der Waals surface area contributed by atoms with Crippen LogP contribution in [0.15, 0.2) is 0 Å². The van der Waals surface area contributed by atoms with Crippen molar-refractivity contribution in [3.63, 3.8) is 0 Å². The van der Waals surface area contributed by atoms with Gasteiger partial charge in [-0.3, -0.25) is 4.79 Å². The lowest BCUT2D eigenvalue weighted by Gasteiger charge is -2.03. The van der Waals surface area contributed by atoms with Crippen LogP contribution in [0.25, 0.3) is 0 Å². The number of hydrogen-bond acceptors (Lipinski definition) is 2. The lowest BCUT2D eigenvalue weighted by molar-refractivity contribution is -0.143. The molecule has 0 unspecified atom stereocenters. The fourth-order valence-corrected chi connectivity index (χ4v) is 1.13. The molecule has 0 saturated heterocycles. The molecule has 0 aliphatic carbocycles. The molecule has 0 aromatic heterocycles. The normalized spacial score (nSPS) is 11.4. The molecule has 0 atom stereocenters. The summed E-state index contributed by atoms with van der Waals surface area (Å²) in [6.07, 6.45) is 1.05. The van der Waals surface area contributed by atoms with Crippen LogP contribution in [-0.2, 0) is 9.53 Å². The van der Waals surface area contributed by atoms with E-state index in [-0.39, 0.29) is 6.61 Å². The summed E-state index contributed by atoms with van der Waals surface area (Å²) in [7, 11) is -5.57. The Morgan fingerprint density at radius 1 is 1.38 bits per heavy atom. The summed E-state index contributed by atoms with van der Waals surface area (Å²) in [5.41, 5.74) is 0. The van der Waals surface area contributed by atoms with Gasteiger partial charge in [-0.15, -0.1) is 0 Å². The van der Waals surface area contributed by atoms with Gasteiger partial charge in [-0.05, 0) is 6.42 Å². The predicted octanol–water partition coefficient (Wildman–Crippen LogP) is 2.57. The van der Waals surface area contributed by atoms with Crippen LogP contribution in [0.2, 0.25) is 6.04 Å². The minimum absolute atomic E-state index is 0.231. The summed E-state index contributed by atoms with van der Waals surface area (Å²) >= 11 is 0. The topological polar surface area (TPSA) is 26.3 Å². The average molecular weight is 214 g/mol. The number of esters is 1. The quantitative estimate of drug-likeness (QED) is 0.294. The van der Waals surface area contributed by atoms with Crippen molar-refractivity contribution in [1.29, 1.82) is 0 Å². The standard InChI is InChI=1S/C7H13F3O2Si/c1-2-3-5-12-7(11)4-6-13(8,9)10/h2-6H2,1H3. The maximum atomic E-state index is 11.7. The Morgan fingerprint density at radius 3 is 2.46 bits per heavy atom. The third-order valence-electron chi connectivity index (χ3n) is 1.37. The van der Waals surface area contributed by atoms with Gasteiger partial charge in [0.05, 0.1) is 13.0 Å². The van der Waals surface area contributed by atoms with Gasteiger partial charge in [-0.2, -0.15) is 0 Å². The highest BCUT2D eigenvalue weighted by Gasteiger charge is 2.36. The van der Waals surface area contributed by atoms with Crippen molar-refractivity contribution >= 4 is 15.0 Å². The van der Waals surface area contributed by atoms with Gasteiger partial charge in [0.2, 0.25) is 0 Å². The molecule has 0 amide bonds. The number of carbonyl (C=O) groups excluding carboxylic acids is 1. The predicted molar refractivity (Wildman–Crippen MR) is 44.4 cm³/mol. The van der Waals surface area contributed by atoms with Crippen molar-refractivity contribution in [2.45, 2.75) is 32.2 Å². The molecule has 0 fully saturated rings. The molecule has 0 aromatic carbocycles. The van der Waals surface area contributed by atoms with Crippen molar-refractivity contribution in [2.24, 2.45) is 0 Å². The maximum absolute atomic E-state index is 11.7. The van der Waals surface area contributed by atoms with Gasteiger partial charge in [0, 0.05) is 6.04 Å². The SMILES string of the molecule is CCCCOC(=O)CC[Si](F)(F)F. The molecule has 0 saturated carbocycles. The Hall–Kier alpha value is -0.523. The van der Waals surface area contributed by atoms with E-state index in [1.54, 1.807) is 0 Å². The van der Waals surface area contributed by atoms with Crippen LogP contribution < -0.4 is 0 Å². The molecule has 0 aliphatic rings. The van der Waals surface area contributed by atoms with Crippen LogP contribution in [0.3, 0.4) is 0 Å². The van der Waals surface area contributed by atoms with Gasteiger partial charge in [0.15, 0.2) is 0 Å². The minimum Gasteiger partial charge on any atom is -0.466 e. The van der Waals surface area contributed by atoms with Crippen molar-refractivity contribution in [3.8, 4) is 0 Å². The van der Waals surface area contributed by atoms with E-state index in [2.05, 4.69) is 4.74 Å². The third-order valence-corrected chi connectivity index (χ3v) is 2.19. The molecule has 78 valence electrons. The molecule has 2 nitrogen and oxygen atoms in total. The number of rotatable bonds is 6. The molecule has 0 N–H and O–H groups in total. The Kier molecular flexibility index (Phi) is 5.77. The smallest absolute Gasteiger partial charge is 0.466 e. The molecule has 0 spiro atoms. The van der Waals surface area contributed by atoms with Gasteiger partial charge in [0.1, 0.15) is 0 Å². The van der Waals surface area contributed by atoms with E-state index in [9.17, 15) is 17.1 Å². The van der Waals surface area contributed by atoms with Crippen LogP contribution in [0.5, 0.6) is 0 Å². The zero-order valence-electron chi connectivity index (χ0n) is 7.49. The molecule has 0 aliphatic heterocycles. The highest BCUT2D eigenvalue weighted by Crippen LogP contribution is 2.16. The first kappa shape index (κ1) is 12.5. The number of unbranched alkanes of at least 4 members (excludes halogenated alkanes) is 1. The summed E-state index contributed by atoms with van der Waals surface area (Å²) in [6, 6.07) is -0.960. The number of ether oxygens (including phenoxy) is 1. The average Bonchev–Trinajstić information content (AvgIpc) is 2.00. The Labute approximate surface area is 76.6 Å². The molecule has 0 bridgehead atoms. The van der Waals surface area contributed by atoms with Gasteiger partial charge < -0.3 is 4.74 Å². The van der Waals surface area contributed by atoms with E-state index in [1.807, 2.05) is 6.92 Å². The van der Waals surface area contributed by atoms with Gasteiger partial charge in [-0.1, -0.05) is 13.3 Å². The number of halogens is 3. The Morgan fingerprint density at radius 2 is 2.00 bits per heavy atom. The monoisotopic (exact) mass is 214 g/mol. The molecule has 0 aromatic rings. The van der Waals surface area contributed by atoms with Gasteiger partial charge >= 0.3 is 15.0 Å². The van der Waals surface area contributed by atoms with Gasteiger partial charge in [-0.25, -0.2) is 12.3 Å². The molecule has 0 radical (unpaired) electrons. The van der Waals surface area contributed by atoms with Gasteiger partial charge in [0.25, 0.3) is 0 Å². The van der Waals surface area contributed by atoms with Crippen LogP contribution in [0.1, 0.15) is 26.2 Å².